The van der Waals surface area contributed by atoms with E-state index in [0.717, 1.165) is 12.0 Å². The van der Waals surface area contributed by atoms with E-state index in [4.69, 9.17) is 9.47 Å². The van der Waals surface area contributed by atoms with Gasteiger partial charge in [0, 0.05) is 19.2 Å². The topological polar surface area (TPSA) is 55.8 Å². The van der Waals surface area contributed by atoms with Crippen LogP contribution in [0.1, 0.15) is 20.3 Å². The molecular weight excluding hydrogens is 234 g/mol. The van der Waals surface area contributed by atoms with E-state index in [2.05, 4.69) is 0 Å². The molecule has 0 atom stereocenters. The van der Waals surface area contributed by atoms with Crippen LogP contribution in [0.2, 0.25) is 0 Å². The molecule has 0 N–H and O–H groups in total. The van der Waals surface area contributed by atoms with E-state index in [1.165, 1.54) is 6.08 Å². The molecule has 100 valence electrons. The van der Waals surface area contributed by atoms with Gasteiger partial charge in [-0.25, -0.2) is 9.59 Å². The second-order valence-corrected chi connectivity index (χ2v) is 3.77. The minimum atomic E-state index is -0.369. The highest BCUT2D eigenvalue weighted by Crippen LogP contribution is 2.12. The molecule has 5 heteroatoms. The van der Waals surface area contributed by atoms with Crippen LogP contribution in [-0.4, -0.2) is 43.3 Å². The zero-order valence-corrected chi connectivity index (χ0v) is 10.8. The van der Waals surface area contributed by atoms with Crippen LogP contribution in [0, 0.1) is 0 Å². The van der Waals surface area contributed by atoms with Crippen molar-refractivity contribution in [1.82, 2.24) is 4.90 Å². The van der Waals surface area contributed by atoms with Gasteiger partial charge < -0.3 is 14.4 Å². The van der Waals surface area contributed by atoms with Crippen LogP contribution < -0.4 is 0 Å². The summed E-state index contributed by atoms with van der Waals surface area (Å²) in [6.45, 7) is 5.38. The second-order valence-electron chi connectivity index (χ2n) is 3.77. The van der Waals surface area contributed by atoms with Crippen molar-refractivity contribution < 1.29 is 19.1 Å². The molecule has 0 saturated carbocycles. The number of hydrogen-bond acceptors (Lipinski definition) is 4. The van der Waals surface area contributed by atoms with Gasteiger partial charge in [-0.1, -0.05) is 12.2 Å². The Morgan fingerprint density at radius 3 is 2.72 bits per heavy atom. The van der Waals surface area contributed by atoms with E-state index >= 15 is 0 Å². The molecule has 0 spiro atoms. The predicted octanol–water partition coefficient (Wildman–Crippen LogP) is 1.89. The van der Waals surface area contributed by atoms with E-state index in [9.17, 15) is 9.59 Å². The Bertz CT molecular complexity index is 360. The molecule has 0 aliphatic carbocycles. The molecule has 0 aromatic heterocycles. The first-order valence-electron chi connectivity index (χ1n) is 6.13. The van der Waals surface area contributed by atoms with Gasteiger partial charge in [0.15, 0.2) is 0 Å². The molecule has 0 fully saturated rings. The van der Waals surface area contributed by atoms with Gasteiger partial charge in [-0.05, 0) is 25.8 Å². The lowest BCUT2D eigenvalue weighted by Crippen LogP contribution is -2.36. The average molecular weight is 253 g/mol. The van der Waals surface area contributed by atoms with Crippen molar-refractivity contribution in [3.63, 3.8) is 0 Å². The van der Waals surface area contributed by atoms with E-state index in [0.29, 0.717) is 26.3 Å². The molecule has 1 amide bonds. The highest BCUT2D eigenvalue weighted by Gasteiger charge is 2.17. The molecule has 1 rings (SSSR count). The molecule has 1 heterocycles. The summed E-state index contributed by atoms with van der Waals surface area (Å²) in [6.07, 6.45) is 5.52. The molecule has 0 radical (unpaired) electrons. The molecule has 0 saturated heterocycles. The zero-order chi connectivity index (χ0) is 13.4. The van der Waals surface area contributed by atoms with Crippen molar-refractivity contribution in [1.29, 1.82) is 0 Å². The SMILES string of the molecule is CCOC(=O)/C=C/C1=CCCN(C(=O)OCC)C1. The van der Waals surface area contributed by atoms with Gasteiger partial charge in [-0.15, -0.1) is 0 Å². The summed E-state index contributed by atoms with van der Waals surface area (Å²) in [5.41, 5.74) is 0.919. The smallest absolute Gasteiger partial charge is 0.410 e. The molecule has 0 unspecified atom stereocenters. The third-order valence-corrected chi connectivity index (χ3v) is 2.43. The summed E-state index contributed by atoms with van der Waals surface area (Å²) in [5.74, 6) is -0.369. The second kappa shape index (κ2) is 7.53. The predicted molar refractivity (Wildman–Crippen MR) is 67.1 cm³/mol. The number of esters is 1. The van der Waals surface area contributed by atoms with Gasteiger partial charge in [0.05, 0.1) is 13.2 Å². The first-order chi connectivity index (χ1) is 8.67. The minimum Gasteiger partial charge on any atom is -0.463 e. The molecular formula is C13H19NO4. The minimum absolute atomic E-state index is 0.312. The molecule has 1 aliphatic rings. The number of rotatable bonds is 4. The number of nitrogens with zero attached hydrogens (tertiary/aromatic N) is 1. The Morgan fingerprint density at radius 1 is 1.33 bits per heavy atom. The Balaban J connectivity index is 2.51. The molecule has 1 aliphatic heterocycles. The number of carbonyl (C=O) groups excluding carboxylic acids is 2. The highest BCUT2D eigenvalue weighted by atomic mass is 16.6. The fourth-order valence-corrected chi connectivity index (χ4v) is 1.63. The van der Waals surface area contributed by atoms with Crippen LogP contribution in [0.4, 0.5) is 4.79 Å². The van der Waals surface area contributed by atoms with Crippen molar-refractivity contribution in [3.05, 3.63) is 23.8 Å². The number of ether oxygens (including phenoxy) is 2. The van der Waals surface area contributed by atoms with E-state index in [1.54, 1.807) is 24.8 Å². The lowest BCUT2D eigenvalue weighted by atomic mass is 10.1. The third-order valence-electron chi connectivity index (χ3n) is 2.43. The van der Waals surface area contributed by atoms with Gasteiger partial charge >= 0.3 is 12.1 Å². The van der Waals surface area contributed by atoms with Crippen molar-refractivity contribution in [2.24, 2.45) is 0 Å². The van der Waals surface area contributed by atoms with Crippen LogP contribution in [0.15, 0.2) is 23.8 Å². The van der Waals surface area contributed by atoms with Crippen LogP contribution in [0.3, 0.4) is 0 Å². The monoisotopic (exact) mass is 253 g/mol. The van der Waals surface area contributed by atoms with E-state index in [-0.39, 0.29) is 12.1 Å². The molecule has 5 nitrogen and oxygen atoms in total. The zero-order valence-electron chi connectivity index (χ0n) is 10.8. The molecule has 0 aromatic carbocycles. The number of hydrogen-bond donors (Lipinski definition) is 0. The van der Waals surface area contributed by atoms with Gasteiger partial charge in [-0.2, -0.15) is 0 Å². The Labute approximate surface area is 107 Å². The Kier molecular flexibility index (Phi) is 5.97. The first-order valence-corrected chi connectivity index (χ1v) is 6.13. The molecule has 18 heavy (non-hydrogen) atoms. The van der Waals surface area contributed by atoms with E-state index in [1.807, 2.05) is 6.08 Å². The quantitative estimate of drug-likeness (QED) is 0.567. The summed E-state index contributed by atoms with van der Waals surface area (Å²) in [5, 5.41) is 0. The van der Waals surface area contributed by atoms with Crippen molar-refractivity contribution in [2.75, 3.05) is 26.3 Å². The summed E-state index contributed by atoms with van der Waals surface area (Å²) in [4.78, 5) is 24.3. The Hall–Kier alpha value is -1.78. The maximum absolute atomic E-state index is 11.5. The highest BCUT2D eigenvalue weighted by molar-refractivity contribution is 5.82. The standard InChI is InChI=1S/C13H19NO4/c1-3-17-12(15)8-7-11-6-5-9-14(10-11)13(16)18-4-2/h6-8H,3-5,9-10H2,1-2H3/b8-7+. The summed E-state index contributed by atoms with van der Waals surface area (Å²) >= 11 is 0. The normalized spacial score (nSPS) is 15.4. The van der Waals surface area contributed by atoms with Gasteiger partial charge in [0.25, 0.3) is 0 Å². The first kappa shape index (κ1) is 14.3. The van der Waals surface area contributed by atoms with Crippen molar-refractivity contribution >= 4 is 12.1 Å². The lowest BCUT2D eigenvalue weighted by Gasteiger charge is -2.25. The fourth-order valence-electron chi connectivity index (χ4n) is 1.63. The van der Waals surface area contributed by atoms with Gasteiger partial charge in [0.1, 0.15) is 0 Å². The number of carbonyl (C=O) groups is 2. The van der Waals surface area contributed by atoms with E-state index < -0.39 is 0 Å². The fraction of sp³-hybridized carbons (Fsp3) is 0.538. The summed E-state index contributed by atoms with van der Waals surface area (Å²) < 4.78 is 9.73. The lowest BCUT2D eigenvalue weighted by molar-refractivity contribution is -0.137. The van der Waals surface area contributed by atoms with Crippen LogP contribution in [-0.2, 0) is 14.3 Å². The molecule has 0 aromatic rings. The maximum atomic E-state index is 11.5. The summed E-state index contributed by atoms with van der Waals surface area (Å²) in [7, 11) is 0. The van der Waals surface area contributed by atoms with Crippen molar-refractivity contribution in [3.8, 4) is 0 Å². The largest absolute Gasteiger partial charge is 0.463 e. The van der Waals surface area contributed by atoms with Crippen LogP contribution >= 0.6 is 0 Å². The maximum Gasteiger partial charge on any atom is 0.410 e. The van der Waals surface area contributed by atoms with Crippen LogP contribution in [0.25, 0.3) is 0 Å². The van der Waals surface area contributed by atoms with Crippen molar-refractivity contribution in [2.45, 2.75) is 20.3 Å². The molecule has 0 bridgehead atoms. The number of amides is 1. The van der Waals surface area contributed by atoms with Gasteiger partial charge in [0.2, 0.25) is 0 Å². The summed E-state index contributed by atoms with van der Waals surface area (Å²) in [6, 6.07) is 0. The van der Waals surface area contributed by atoms with Crippen LogP contribution in [0.5, 0.6) is 0 Å². The third kappa shape index (κ3) is 4.61. The Morgan fingerprint density at radius 2 is 2.06 bits per heavy atom. The average Bonchev–Trinajstić information content (AvgIpc) is 2.37. The van der Waals surface area contributed by atoms with Gasteiger partial charge in [-0.3, -0.25) is 0 Å².